The molecule has 2 aromatic carbocycles. The van der Waals surface area contributed by atoms with E-state index in [9.17, 15) is 4.79 Å². The lowest BCUT2D eigenvalue weighted by Crippen LogP contribution is -2.02. The highest BCUT2D eigenvalue weighted by molar-refractivity contribution is 6.36. The summed E-state index contributed by atoms with van der Waals surface area (Å²) in [5.41, 5.74) is 7.96. The van der Waals surface area contributed by atoms with Crippen LogP contribution >= 0.6 is 11.6 Å². The van der Waals surface area contributed by atoms with Gasteiger partial charge < -0.3 is 15.5 Å². The lowest BCUT2D eigenvalue weighted by Gasteiger charge is -2.06. The van der Waals surface area contributed by atoms with Crippen molar-refractivity contribution in [3.05, 3.63) is 58.7 Å². The number of aromatic nitrogens is 1. The molecule has 0 aliphatic carbocycles. The lowest BCUT2D eigenvalue weighted by atomic mass is 10.0. The van der Waals surface area contributed by atoms with Gasteiger partial charge in [-0.15, -0.1) is 0 Å². The molecule has 0 amide bonds. The van der Waals surface area contributed by atoms with Crippen molar-refractivity contribution in [2.24, 2.45) is 0 Å². The van der Waals surface area contributed by atoms with Crippen LogP contribution in [0.5, 0.6) is 5.75 Å². The van der Waals surface area contributed by atoms with Crippen molar-refractivity contribution in [1.29, 1.82) is 0 Å². The predicted octanol–water partition coefficient (Wildman–Crippen LogP) is 3.64. The fraction of sp³-hybridized carbons (Fsp3) is 0.0625. The molecule has 0 fully saturated rings. The van der Waals surface area contributed by atoms with E-state index < -0.39 is 0 Å². The minimum atomic E-state index is -0.171. The molecule has 3 N–H and O–H groups in total. The van der Waals surface area contributed by atoms with E-state index in [1.807, 2.05) is 18.2 Å². The second-order valence-electron chi connectivity index (χ2n) is 4.65. The predicted molar refractivity (Wildman–Crippen MR) is 84.1 cm³/mol. The molecule has 0 radical (unpaired) electrons. The van der Waals surface area contributed by atoms with Gasteiger partial charge in [0, 0.05) is 23.0 Å². The highest BCUT2D eigenvalue weighted by Gasteiger charge is 2.19. The Balaban J connectivity index is 2.18. The second kappa shape index (κ2) is 5.14. The summed E-state index contributed by atoms with van der Waals surface area (Å²) in [6.45, 7) is 0. The summed E-state index contributed by atoms with van der Waals surface area (Å²) in [5.74, 6) is 0.472. The minimum absolute atomic E-state index is 0.171. The van der Waals surface area contributed by atoms with Crippen LogP contribution in [0.2, 0.25) is 5.02 Å². The SMILES string of the molecule is COc1cccc2[nH]cc(C(=O)c3ccc(N)cc3Cl)c12. The van der Waals surface area contributed by atoms with E-state index in [0.717, 1.165) is 10.9 Å². The molecule has 4 nitrogen and oxygen atoms in total. The van der Waals surface area contributed by atoms with Gasteiger partial charge in [-0.1, -0.05) is 17.7 Å². The molecule has 0 aliphatic rings. The summed E-state index contributed by atoms with van der Waals surface area (Å²) in [6, 6.07) is 10.4. The van der Waals surface area contributed by atoms with Crippen molar-refractivity contribution >= 4 is 34.0 Å². The second-order valence-corrected chi connectivity index (χ2v) is 5.06. The van der Waals surface area contributed by atoms with Crippen LogP contribution in [-0.2, 0) is 0 Å². The molecule has 1 heterocycles. The number of rotatable bonds is 3. The van der Waals surface area contributed by atoms with Gasteiger partial charge in [0.1, 0.15) is 5.75 Å². The van der Waals surface area contributed by atoms with E-state index in [1.54, 1.807) is 31.5 Å². The van der Waals surface area contributed by atoms with Gasteiger partial charge in [-0.3, -0.25) is 4.79 Å². The van der Waals surface area contributed by atoms with Crippen molar-refractivity contribution in [2.75, 3.05) is 12.8 Å². The first-order valence-electron chi connectivity index (χ1n) is 6.35. The fourth-order valence-electron chi connectivity index (χ4n) is 2.36. The number of nitrogens with one attached hydrogen (secondary N) is 1. The molecular weight excluding hydrogens is 288 g/mol. The normalized spacial score (nSPS) is 10.8. The van der Waals surface area contributed by atoms with Crippen LogP contribution in [0.1, 0.15) is 15.9 Å². The van der Waals surface area contributed by atoms with Crippen LogP contribution < -0.4 is 10.5 Å². The maximum Gasteiger partial charge on any atom is 0.196 e. The highest BCUT2D eigenvalue weighted by Crippen LogP contribution is 2.31. The van der Waals surface area contributed by atoms with Crippen molar-refractivity contribution in [3.8, 4) is 5.75 Å². The van der Waals surface area contributed by atoms with Crippen LogP contribution in [0.3, 0.4) is 0 Å². The first-order chi connectivity index (χ1) is 10.1. The van der Waals surface area contributed by atoms with Gasteiger partial charge in [0.05, 0.1) is 23.1 Å². The van der Waals surface area contributed by atoms with Gasteiger partial charge in [-0.25, -0.2) is 0 Å². The Bertz CT molecular complexity index is 839. The average molecular weight is 301 g/mol. The quantitative estimate of drug-likeness (QED) is 0.573. The third-order valence-electron chi connectivity index (χ3n) is 3.37. The lowest BCUT2D eigenvalue weighted by molar-refractivity contribution is 0.104. The standard InChI is InChI=1S/C16H13ClN2O2/c1-21-14-4-2-3-13-15(14)11(8-19-13)16(20)10-6-5-9(18)7-12(10)17/h2-8,19H,18H2,1H3. The Morgan fingerprint density at radius 3 is 2.76 bits per heavy atom. The molecule has 21 heavy (non-hydrogen) atoms. The van der Waals surface area contributed by atoms with Crippen LogP contribution in [0, 0.1) is 0 Å². The zero-order chi connectivity index (χ0) is 15.0. The molecule has 0 unspecified atom stereocenters. The summed E-state index contributed by atoms with van der Waals surface area (Å²) >= 11 is 6.12. The Labute approximate surface area is 126 Å². The van der Waals surface area contributed by atoms with Gasteiger partial charge in [0.25, 0.3) is 0 Å². The van der Waals surface area contributed by atoms with E-state index in [0.29, 0.717) is 27.6 Å². The molecule has 0 saturated carbocycles. The van der Waals surface area contributed by atoms with Crippen LogP contribution in [0.15, 0.2) is 42.6 Å². The van der Waals surface area contributed by atoms with Gasteiger partial charge >= 0.3 is 0 Å². The van der Waals surface area contributed by atoms with Crippen molar-refractivity contribution < 1.29 is 9.53 Å². The molecule has 0 saturated heterocycles. The number of ketones is 1. The number of nitrogen functional groups attached to an aromatic ring is 1. The molecule has 0 bridgehead atoms. The monoisotopic (exact) mass is 300 g/mol. The van der Waals surface area contributed by atoms with E-state index in [4.69, 9.17) is 22.1 Å². The number of anilines is 1. The van der Waals surface area contributed by atoms with Crippen molar-refractivity contribution in [2.45, 2.75) is 0 Å². The van der Waals surface area contributed by atoms with E-state index in [-0.39, 0.29) is 5.78 Å². The number of H-pyrrole nitrogens is 1. The molecule has 0 spiro atoms. The zero-order valence-electron chi connectivity index (χ0n) is 11.3. The smallest absolute Gasteiger partial charge is 0.196 e. The molecule has 5 heteroatoms. The third-order valence-corrected chi connectivity index (χ3v) is 3.68. The zero-order valence-corrected chi connectivity index (χ0v) is 12.1. The highest BCUT2D eigenvalue weighted by atomic mass is 35.5. The fourth-order valence-corrected chi connectivity index (χ4v) is 2.64. The first-order valence-corrected chi connectivity index (χ1v) is 6.73. The number of aromatic amines is 1. The van der Waals surface area contributed by atoms with Gasteiger partial charge in [0.2, 0.25) is 0 Å². The first kappa shape index (κ1) is 13.5. The topological polar surface area (TPSA) is 68.1 Å². The van der Waals surface area contributed by atoms with Crippen LogP contribution in [0.4, 0.5) is 5.69 Å². The van der Waals surface area contributed by atoms with Crippen LogP contribution in [0.25, 0.3) is 10.9 Å². The van der Waals surface area contributed by atoms with E-state index in [2.05, 4.69) is 4.98 Å². The van der Waals surface area contributed by atoms with Gasteiger partial charge in [-0.2, -0.15) is 0 Å². The van der Waals surface area contributed by atoms with E-state index in [1.165, 1.54) is 0 Å². The number of carbonyl (C=O) groups is 1. The minimum Gasteiger partial charge on any atom is -0.496 e. The summed E-state index contributed by atoms with van der Waals surface area (Å²) in [6.07, 6.45) is 1.67. The maximum atomic E-state index is 12.7. The van der Waals surface area contributed by atoms with E-state index >= 15 is 0 Å². The summed E-state index contributed by atoms with van der Waals surface area (Å²) in [4.78, 5) is 15.8. The number of hydrogen-bond acceptors (Lipinski definition) is 3. The molecule has 0 aliphatic heterocycles. The Morgan fingerprint density at radius 2 is 2.05 bits per heavy atom. The van der Waals surface area contributed by atoms with Gasteiger partial charge in [-0.05, 0) is 30.3 Å². The number of methoxy groups -OCH3 is 1. The number of nitrogens with two attached hydrogens (primary N) is 1. The van der Waals surface area contributed by atoms with Crippen LogP contribution in [-0.4, -0.2) is 17.9 Å². The number of benzene rings is 2. The number of hydrogen-bond donors (Lipinski definition) is 2. The largest absolute Gasteiger partial charge is 0.496 e. The molecule has 106 valence electrons. The molecule has 3 rings (SSSR count). The Morgan fingerprint density at radius 1 is 1.24 bits per heavy atom. The molecule has 1 aromatic heterocycles. The molecule has 3 aromatic rings. The Hall–Kier alpha value is -2.46. The third kappa shape index (κ3) is 2.23. The molecule has 0 atom stereocenters. The summed E-state index contributed by atoms with van der Waals surface area (Å²) in [5, 5.41) is 1.09. The maximum absolute atomic E-state index is 12.7. The van der Waals surface area contributed by atoms with Crippen molar-refractivity contribution in [1.82, 2.24) is 4.98 Å². The van der Waals surface area contributed by atoms with Gasteiger partial charge in [0.15, 0.2) is 5.78 Å². The summed E-state index contributed by atoms with van der Waals surface area (Å²) < 4.78 is 5.34. The Kier molecular flexibility index (Phi) is 3.31. The molecular formula is C16H13ClN2O2. The van der Waals surface area contributed by atoms with Crippen molar-refractivity contribution in [3.63, 3.8) is 0 Å². The average Bonchev–Trinajstić information content (AvgIpc) is 2.90. The summed E-state index contributed by atoms with van der Waals surface area (Å²) in [7, 11) is 1.58. The number of ether oxygens (including phenoxy) is 1. The number of fused-ring (bicyclic) bond motifs is 1. The number of carbonyl (C=O) groups excluding carboxylic acids is 1. The number of halogens is 1.